The third-order valence-corrected chi connectivity index (χ3v) is 7.50. The van der Waals surface area contributed by atoms with Crippen molar-refractivity contribution in [3.8, 4) is 0 Å². The Bertz CT molecular complexity index is 540. The molecule has 0 radical (unpaired) electrons. The first-order valence-electron chi connectivity index (χ1n) is 5.88. The van der Waals surface area contributed by atoms with Crippen molar-refractivity contribution in [2.75, 3.05) is 12.3 Å². The number of thiophene rings is 1. The van der Waals surface area contributed by atoms with Gasteiger partial charge in [-0.1, -0.05) is 13.0 Å². The van der Waals surface area contributed by atoms with Crippen molar-refractivity contribution in [1.29, 1.82) is 0 Å². The van der Waals surface area contributed by atoms with Crippen molar-refractivity contribution in [3.63, 3.8) is 0 Å². The maximum absolute atomic E-state index is 12.4. The van der Waals surface area contributed by atoms with Crippen LogP contribution in [0.3, 0.4) is 0 Å². The Labute approximate surface area is 120 Å². The lowest BCUT2D eigenvalue weighted by molar-refractivity contribution is -0.140. The zero-order valence-corrected chi connectivity index (χ0v) is 12.8. The minimum Gasteiger partial charge on any atom is -0.480 e. The molecule has 1 aliphatic rings. The number of carbonyl (C=O) groups is 1. The maximum Gasteiger partial charge on any atom is 0.323 e. The van der Waals surface area contributed by atoms with Crippen molar-refractivity contribution < 1.29 is 18.3 Å². The molecule has 8 heteroatoms. The standard InChI is InChI=1S/C11H15NO4S3/c1-2-17-8-5-6-12(10(8)11(13)14)19(15,16)9-4-3-7-18-9/h3-4,7-8,10H,2,5-6H2,1H3,(H,13,14). The summed E-state index contributed by atoms with van der Waals surface area (Å²) >= 11 is 2.62. The first kappa shape index (κ1) is 14.8. The van der Waals surface area contributed by atoms with Gasteiger partial charge < -0.3 is 5.11 Å². The molecule has 0 saturated carbocycles. The minimum absolute atomic E-state index is 0.169. The van der Waals surface area contributed by atoms with Gasteiger partial charge in [-0.3, -0.25) is 4.79 Å². The van der Waals surface area contributed by atoms with Crippen molar-refractivity contribution in [3.05, 3.63) is 17.5 Å². The Morgan fingerprint density at radius 3 is 2.89 bits per heavy atom. The average molecular weight is 321 g/mol. The Kier molecular flexibility index (Phi) is 4.54. The van der Waals surface area contributed by atoms with Gasteiger partial charge in [0.2, 0.25) is 0 Å². The van der Waals surface area contributed by atoms with Crippen molar-refractivity contribution in [1.82, 2.24) is 4.31 Å². The normalized spacial score (nSPS) is 24.7. The average Bonchev–Trinajstić information content (AvgIpc) is 2.98. The summed E-state index contributed by atoms with van der Waals surface area (Å²) in [6, 6.07) is 2.21. The smallest absolute Gasteiger partial charge is 0.323 e. The number of aliphatic carboxylic acids is 1. The van der Waals surface area contributed by atoms with E-state index in [1.165, 1.54) is 17.8 Å². The Morgan fingerprint density at radius 1 is 1.63 bits per heavy atom. The molecule has 0 aliphatic carbocycles. The minimum atomic E-state index is -3.68. The van der Waals surface area contributed by atoms with Crippen LogP contribution in [0.15, 0.2) is 21.7 Å². The van der Waals surface area contributed by atoms with Crippen molar-refractivity contribution in [2.45, 2.75) is 28.8 Å². The summed E-state index contributed by atoms with van der Waals surface area (Å²) in [7, 11) is -3.68. The van der Waals surface area contributed by atoms with Crippen LogP contribution in [0.25, 0.3) is 0 Å². The van der Waals surface area contributed by atoms with E-state index in [1.54, 1.807) is 11.4 Å². The van der Waals surface area contributed by atoms with Gasteiger partial charge in [0.25, 0.3) is 10.0 Å². The molecule has 2 rings (SSSR count). The number of sulfonamides is 1. The van der Waals surface area contributed by atoms with Gasteiger partial charge in [0, 0.05) is 11.8 Å². The first-order chi connectivity index (χ1) is 8.98. The van der Waals surface area contributed by atoms with Crippen LogP contribution in [0.5, 0.6) is 0 Å². The van der Waals surface area contributed by atoms with E-state index >= 15 is 0 Å². The van der Waals surface area contributed by atoms with Crippen LogP contribution < -0.4 is 0 Å². The van der Waals surface area contributed by atoms with E-state index in [-0.39, 0.29) is 16.0 Å². The molecule has 1 fully saturated rings. The second-order valence-electron chi connectivity index (χ2n) is 4.11. The molecule has 5 nitrogen and oxygen atoms in total. The summed E-state index contributed by atoms with van der Waals surface area (Å²) in [6.45, 7) is 2.22. The second kappa shape index (κ2) is 5.82. The lowest BCUT2D eigenvalue weighted by Crippen LogP contribution is -2.44. The van der Waals surface area contributed by atoms with Crippen LogP contribution in [0.4, 0.5) is 0 Å². The molecule has 106 valence electrons. The second-order valence-corrected chi connectivity index (χ2v) is 8.69. The summed E-state index contributed by atoms with van der Waals surface area (Å²) in [6.07, 6.45) is 0.583. The molecular formula is C11H15NO4S3. The number of hydrogen-bond donors (Lipinski definition) is 1. The molecule has 0 amide bonds. The van der Waals surface area contributed by atoms with Crippen molar-refractivity contribution >= 4 is 39.1 Å². The SMILES string of the molecule is CCSC1CCN(S(=O)(=O)c2cccs2)C1C(=O)O. The highest BCUT2D eigenvalue weighted by atomic mass is 32.2. The van der Waals surface area contributed by atoms with E-state index in [1.807, 2.05) is 6.92 Å². The molecule has 2 heterocycles. The Morgan fingerprint density at radius 2 is 2.37 bits per heavy atom. The topological polar surface area (TPSA) is 74.7 Å². The molecule has 1 aliphatic heterocycles. The monoisotopic (exact) mass is 321 g/mol. The van der Waals surface area contributed by atoms with E-state index < -0.39 is 22.0 Å². The number of nitrogens with zero attached hydrogens (tertiary/aromatic N) is 1. The van der Waals surface area contributed by atoms with Crippen LogP contribution in [-0.4, -0.2) is 47.4 Å². The molecule has 2 unspecified atom stereocenters. The number of carboxylic acids is 1. The fourth-order valence-corrected chi connectivity index (χ4v) is 6.18. The van der Waals surface area contributed by atoms with E-state index in [2.05, 4.69) is 0 Å². The summed E-state index contributed by atoms with van der Waals surface area (Å²) in [5, 5.41) is 10.8. The molecule has 2 atom stereocenters. The van der Waals surface area contributed by atoms with Crippen LogP contribution in [0.1, 0.15) is 13.3 Å². The summed E-state index contributed by atoms with van der Waals surface area (Å²) in [4.78, 5) is 11.4. The van der Waals surface area contributed by atoms with E-state index in [0.29, 0.717) is 6.42 Å². The third kappa shape index (κ3) is 2.81. The Balaban J connectivity index is 2.32. The summed E-state index contributed by atoms with van der Waals surface area (Å²) in [5.74, 6) is -0.287. The fourth-order valence-electron chi connectivity index (χ4n) is 2.20. The highest BCUT2D eigenvalue weighted by molar-refractivity contribution is 8.00. The van der Waals surface area contributed by atoms with Gasteiger partial charge in [-0.25, -0.2) is 8.42 Å². The molecule has 1 N–H and O–H groups in total. The predicted molar refractivity (Wildman–Crippen MR) is 76.2 cm³/mol. The van der Waals surface area contributed by atoms with Crippen LogP contribution >= 0.6 is 23.1 Å². The number of rotatable bonds is 5. The fraction of sp³-hybridized carbons (Fsp3) is 0.545. The number of hydrogen-bond acceptors (Lipinski definition) is 5. The first-order valence-corrected chi connectivity index (χ1v) is 9.25. The zero-order valence-electron chi connectivity index (χ0n) is 10.4. The van der Waals surface area contributed by atoms with Crippen LogP contribution in [-0.2, 0) is 14.8 Å². The molecule has 19 heavy (non-hydrogen) atoms. The highest BCUT2D eigenvalue weighted by Crippen LogP contribution is 2.34. The van der Waals surface area contributed by atoms with Gasteiger partial charge in [0.15, 0.2) is 0 Å². The lowest BCUT2D eigenvalue weighted by atomic mass is 10.2. The van der Waals surface area contributed by atoms with E-state index in [9.17, 15) is 18.3 Å². The molecule has 0 bridgehead atoms. The van der Waals surface area contributed by atoms with Crippen LogP contribution in [0, 0.1) is 0 Å². The zero-order chi connectivity index (χ0) is 14.0. The van der Waals surface area contributed by atoms with E-state index in [4.69, 9.17) is 0 Å². The van der Waals surface area contributed by atoms with Gasteiger partial charge in [0.1, 0.15) is 10.3 Å². The molecule has 1 saturated heterocycles. The quantitative estimate of drug-likeness (QED) is 0.894. The highest BCUT2D eigenvalue weighted by Gasteiger charge is 2.46. The molecule has 0 spiro atoms. The third-order valence-electron chi connectivity index (χ3n) is 2.99. The predicted octanol–water partition coefficient (Wildman–Crippen LogP) is 1.72. The maximum atomic E-state index is 12.4. The van der Waals surface area contributed by atoms with Gasteiger partial charge >= 0.3 is 5.97 Å². The number of carboxylic acid groups (broad SMARTS) is 1. The molecule has 0 aromatic carbocycles. The van der Waals surface area contributed by atoms with Gasteiger partial charge in [-0.2, -0.15) is 16.1 Å². The van der Waals surface area contributed by atoms with Crippen LogP contribution in [0.2, 0.25) is 0 Å². The van der Waals surface area contributed by atoms with Gasteiger partial charge in [-0.15, -0.1) is 11.3 Å². The van der Waals surface area contributed by atoms with Gasteiger partial charge in [0.05, 0.1) is 0 Å². The van der Waals surface area contributed by atoms with Crippen molar-refractivity contribution in [2.24, 2.45) is 0 Å². The lowest BCUT2D eigenvalue weighted by Gasteiger charge is -2.23. The largest absolute Gasteiger partial charge is 0.480 e. The summed E-state index contributed by atoms with van der Waals surface area (Å²) < 4.78 is 26.2. The molecule has 1 aromatic heterocycles. The van der Waals surface area contributed by atoms with E-state index in [0.717, 1.165) is 21.4 Å². The molecular weight excluding hydrogens is 306 g/mol. The molecule has 1 aromatic rings. The number of thioether (sulfide) groups is 1. The Hall–Kier alpha value is -0.570. The summed E-state index contributed by atoms with van der Waals surface area (Å²) in [5.41, 5.74) is 0. The van der Waals surface area contributed by atoms with Gasteiger partial charge in [-0.05, 0) is 23.6 Å².